The van der Waals surface area contributed by atoms with Crippen molar-refractivity contribution in [3.63, 3.8) is 0 Å². The number of halogens is 1. The number of hydrogen-bond donors (Lipinski definition) is 0. The highest BCUT2D eigenvalue weighted by Gasteiger charge is 2.28. The van der Waals surface area contributed by atoms with Gasteiger partial charge >= 0.3 is 5.97 Å². The number of Topliss-reactive ketones (excluding diaryl/α,β-unsaturated/α-hetero) is 1. The molecular weight excluding hydrogens is 360 g/mol. The topological polar surface area (TPSA) is 52.6 Å². The Balaban J connectivity index is 2.42. The lowest BCUT2D eigenvalue weighted by atomic mass is 9.88. The van der Waals surface area contributed by atoms with Crippen LogP contribution in [0, 0.1) is 5.41 Å². The highest BCUT2D eigenvalue weighted by molar-refractivity contribution is 9.10. The van der Waals surface area contributed by atoms with Gasteiger partial charge in [-0.2, -0.15) is 0 Å². The Bertz CT molecular complexity index is 520. The highest BCUT2D eigenvalue weighted by Crippen LogP contribution is 2.24. The van der Waals surface area contributed by atoms with Crippen molar-refractivity contribution in [2.75, 3.05) is 13.2 Å². The van der Waals surface area contributed by atoms with Crippen molar-refractivity contribution in [3.05, 3.63) is 29.8 Å². The van der Waals surface area contributed by atoms with Crippen molar-refractivity contribution in [1.82, 2.24) is 0 Å². The number of benzene rings is 1. The molecule has 0 saturated carbocycles. The van der Waals surface area contributed by atoms with Gasteiger partial charge < -0.3 is 9.47 Å². The first-order valence-corrected chi connectivity index (χ1v) is 8.78. The van der Waals surface area contributed by atoms with E-state index >= 15 is 0 Å². The average Bonchev–Trinajstić information content (AvgIpc) is 2.51. The van der Waals surface area contributed by atoms with Gasteiger partial charge in [0.15, 0.2) is 5.78 Å². The fraction of sp³-hybridized carbons (Fsp3) is 0.556. The summed E-state index contributed by atoms with van der Waals surface area (Å²) in [5, 5.41) is 0. The lowest BCUT2D eigenvalue weighted by Gasteiger charge is -2.22. The van der Waals surface area contributed by atoms with Crippen molar-refractivity contribution in [1.29, 1.82) is 0 Å². The van der Waals surface area contributed by atoms with Crippen LogP contribution in [0.15, 0.2) is 24.3 Å². The largest absolute Gasteiger partial charge is 0.494 e. The van der Waals surface area contributed by atoms with Crippen molar-refractivity contribution in [2.45, 2.75) is 45.4 Å². The van der Waals surface area contributed by atoms with Crippen LogP contribution in [0.2, 0.25) is 0 Å². The van der Waals surface area contributed by atoms with Crippen molar-refractivity contribution in [2.24, 2.45) is 5.41 Å². The quantitative estimate of drug-likeness (QED) is 0.274. The minimum absolute atomic E-state index is 0.0488. The molecule has 0 radical (unpaired) electrons. The predicted octanol–water partition coefficient (Wildman–Crippen LogP) is 4.40. The van der Waals surface area contributed by atoms with Crippen LogP contribution >= 0.6 is 15.9 Å². The number of carbonyl (C=O) groups excluding carboxylic acids is 2. The minimum atomic E-state index is -0.498. The number of carbonyl (C=O) groups is 2. The molecule has 1 unspecified atom stereocenters. The number of ether oxygens (including phenoxy) is 2. The fourth-order valence-corrected chi connectivity index (χ4v) is 2.34. The van der Waals surface area contributed by atoms with Crippen LogP contribution in [0.25, 0.3) is 0 Å². The molecular formula is C18H25BrO4. The second-order valence-corrected chi connectivity index (χ2v) is 7.43. The third-order valence-electron chi connectivity index (χ3n) is 3.54. The molecule has 1 aromatic carbocycles. The van der Waals surface area contributed by atoms with Gasteiger partial charge in [-0.05, 0) is 64.8 Å². The fourth-order valence-electron chi connectivity index (χ4n) is 2.08. The SMILES string of the molecule is CCOC(=O)C(C)(C)CCCOc1ccc(C(=O)C(C)Br)cc1. The second-order valence-electron chi connectivity index (χ2n) is 6.06. The van der Waals surface area contributed by atoms with Gasteiger partial charge in [0, 0.05) is 5.56 Å². The lowest BCUT2D eigenvalue weighted by Crippen LogP contribution is -2.27. The van der Waals surface area contributed by atoms with E-state index in [0.29, 0.717) is 25.2 Å². The zero-order valence-corrected chi connectivity index (χ0v) is 15.8. The molecule has 0 aromatic heterocycles. The first-order valence-electron chi connectivity index (χ1n) is 7.86. The van der Waals surface area contributed by atoms with Gasteiger partial charge in [-0.25, -0.2) is 0 Å². The van der Waals surface area contributed by atoms with Crippen molar-refractivity contribution < 1.29 is 19.1 Å². The van der Waals surface area contributed by atoms with E-state index in [-0.39, 0.29) is 16.6 Å². The summed E-state index contributed by atoms with van der Waals surface area (Å²) in [6.45, 7) is 8.29. The van der Waals surface area contributed by atoms with Gasteiger partial charge in [-0.15, -0.1) is 0 Å². The third kappa shape index (κ3) is 6.34. The van der Waals surface area contributed by atoms with Crippen molar-refractivity contribution >= 4 is 27.7 Å². The van der Waals surface area contributed by atoms with Gasteiger partial charge in [0.1, 0.15) is 5.75 Å². The standard InChI is InChI=1S/C18H25BrO4/c1-5-22-17(21)18(3,4)11-6-12-23-15-9-7-14(8-10-15)16(20)13(2)19/h7-10,13H,5-6,11-12H2,1-4H3. The van der Waals surface area contributed by atoms with Gasteiger partial charge in [0.05, 0.1) is 23.5 Å². The van der Waals surface area contributed by atoms with E-state index in [1.807, 2.05) is 20.8 Å². The second kappa shape index (κ2) is 9.06. The Labute approximate surface area is 146 Å². The maximum atomic E-state index is 11.8. The van der Waals surface area contributed by atoms with E-state index in [2.05, 4.69) is 15.9 Å². The summed E-state index contributed by atoms with van der Waals surface area (Å²) in [6, 6.07) is 7.11. The van der Waals surface area contributed by atoms with E-state index in [9.17, 15) is 9.59 Å². The Morgan fingerprint density at radius 1 is 1.22 bits per heavy atom. The molecule has 0 fully saturated rings. The van der Waals surface area contributed by atoms with Crippen LogP contribution in [0.5, 0.6) is 5.75 Å². The van der Waals surface area contributed by atoms with Gasteiger partial charge in [0.25, 0.3) is 0 Å². The van der Waals surface area contributed by atoms with Crippen LogP contribution < -0.4 is 4.74 Å². The molecule has 0 aliphatic heterocycles. The Morgan fingerprint density at radius 2 is 1.83 bits per heavy atom. The summed E-state index contributed by atoms with van der Waals surface area (Å²) in [4.78, 5) is 23.4. The molecule has 1 atom stereocenters. The van der Waals surface area contributed by atoms with Crippen LogP contribution in [-0.4, -0.2) is 29.8 Å². The molecule has 0 saturated heterocycles. The summed E-state index contributed by atoms with van der Waals surface area (Å²) in [7, 11) is 0. The zero-order chi connectivity index (χ0) is 17.5. The summed E-state index contributed by atoms with van der Waals surface area (Å²) in [5.41, 5.74) is 0.159. The van der Waals surface area contributed by atoms with Crippen LogP contribution in [0.1, 0.15) is 50.9 Å². The van der Waals surface area contributed by atoms with E-state index in [1.165, 1.54) is 0 Å². The predicted molar refractivity (Wildman–Crippen MR) is 94.3 cm³/mol. The molecule has 1 rings (SSSR count). The van der Waals surface area contributed by atoms with Crippen LogP contribution in [-0.2, 0) is 9.53 Å². The van der Waals surface area contributed by atoms with Gasteiger partial charge in [-0.3, -0.25) is 9.59 Å². The molecule has 128 valence electrons. The molecule has 1 aromatic rings. The Hall–Kier alpha value is -1.36. The number of hydrogen-bond acceptors (Lipinski definition) is 4. The third-order valence-corrected chi connectivity index (χ3v) is 3.96. The van der Waals surface area contributed by atoms with Crippen molar-refractivity contribution in [3.8, 4) is 5.75 Å². The van der Waals surface area contributed by atoms with E-state index in [1.54, 1.807) is 31.2 Å². The number of alkyl halides is 1. The van der Waals surface area contributed by atoms with Crippen LogP contribution in [0.3, 0.4) is 0 Å². The molecule has 0 aliphatic carbocycles. The lowest BCUT2D eigenvalue weighted by molar-refractivity contribution is -0.153. The van der Waals surface area contributed by atoms with E-state index < -0.39 is 5.41 Å². The molecule has 0 amide bonds. The summed E-state index contributed by atoms with van der Waals surface area (Å²) < 4.78 is 10.7. The number of ketones is 1. The molecule has 0 spiro atoms. The maximum absolute atomic E-state index is 11.8. The van der Waals surface area contributed by atoms with Gasteiger partial charge in [0.2, 0.25) is 0 Å². The number of rotatable bonds is 9. The summed E-state index contributed by atoms with van der Waals surface area (Å²) >= 11 is 3.27. The first kappa shape index (κ1) is 19.7. The molecule has 5 heteroatoms. The molecule has 0 N–H and O–H groups in total. The monoisotopic (exact) mass is 384 g/mol. The smallest absolute Gasteiger partial charge is 0.311 e. The summed E-state index contributed by atoms with van der Waals surface area (Å²) in [6.07, 6.45) is 1.45. The normalized spacial score (nSPS) is 12.6. The summed E-state index contributed by atoms with van der Waals surface area (Å²) in [5.74, 6) is 0.595. The molecule has 0 heterocycles. The minimum Gasteiger partial charge on any atom is -0.494 e. The number of esters is 1. The Kier molecular flexibility index (Phi) is 7.76. The molecule has 0 aliphatic rings. The van der Waals surface area contributed by atoms with E-state index in [0.717, 1.165) is 12.2 Å². The molecule has 4 nitrogen and oxygen atoms in total. The first-order chi connectivity index (χ1) is 10.8. The zero-order valence-electron chi connectivity index (χ0n) is 14.2. The highest BCUT2D eigenvalue weighted by atomic mass is 79.9. The van der Waals surface area contributed by atoms with E-state index in [4.69, 9.17) is 9.47 Å². The van der Waals surface area contributed by atoms with Gasteiger partial charge in [-0.1, -0.05) is 15.9 Å². The maximum Gasteiger partial charge on any atom is 0.311 e. The Morgan fingerprint density at radius 3 is 2.35 bits per heavy atom. The average molecular weight is 385 g/mol. The molecule has 23 heavy (non-hydrogen) atoms. The molecule has 0 bridgehead atoms. The van der Waals surface area contributed by atoms with Crippen LogP contribution in [0.4, 0.5) is 0 Å².